The van der Waals surface area contributed by atoms with Crippen LogP contribution >= 0.6 is 0 Å². The third-order valence-corrected chi connectivity index (χ3v) is 5.10. The van der Waals surface area contributed by atoms with E-state index in [9.17, 15) is 4.79 Å². The minimum atomic E-state index is -1.01. The second kappa shape index (κ2) is 7.00. The van der Waals surface area contributed by atoms with Gasteiger partial charge in [-0.05, 0) is 36.3 Å². The highest BCUT2D eigenvalue weighted by atomic mass is 16.7. The van der Waals surface area contributed by atoms with E-state index in [1.165, 1.54) is 0 Å². The van der Waals surface area contributed by atoms with Crippen molar-refractivity contribution >= 4 is 5.78 Å². The molecule has 0 radical (unpaired) electrons. The molecule has 1 heterocycles. The minimum Gasteiger partial charge on any atom is -0.493 e. The minimum absolute atomic E-state index is 0.0649. The molecule has 1 aromatic rings. The summed E-state index contributed by atoms with van der Waals surface area (Å²) in [6.07, 6.45) is 4.47. The standard InChI is InChI=1S/C21H24O5/c1-6-7-14-10-16-13(2)21(25-5,26-19(16)12-17(14)22)15-8-9-18(23-3)20(11-15)24-4/h6,8-11,13H,1,7,12H2,2-5H3/t13-,21?/m1/s1. The maximum Gasteiger partial charge on any atom is 0.243 e. The molecule has 0 fully saturated rings. The summed E-state index contributed by atoms with van der Waals surface area (Å²) in [6.45, 7) is 5.77. The Morgan fingerprint density at radius 3 is 2.62 bits per heavy atom. The lowest BCUT2D eigenvalue weighted by molar-refractivity contribution is -0.216. The number of carbonyl (C=O) groups excluding carboxylic acids is 1. The van der Waals surface area contributed by atoms with Crippen LogP contribution in [0.1, 0.15) is 25.3 Å². The van der Waals surface area contributed by atoms with Crippen LogP contribution in [-0.4, -0.2) is 27.1 Å². The molecule has 2 aliphatic rings. The van der Waals surface area contributed by atoms with Gasteiger partial charge in [0.05, 0.1) is 26.6 Å². The summed E-state index contributed by atoms with van der Waals surface area (Å²) >= 11 is 0. The van der Waals surface area contributed by atoms with Gasteiger partial charge in [0.25, 0.3) is 0 Å². The summed E-state index contributed by atoms with van der Waals surface area (Å²) in [6, 6.07) is 5.58. The van der Waals surface area contributed by atoms with Crippen LogP contribution in [0.4, 0.5) is 0 Å². The van der Waals surface area contributed by atoms with Crippen LogP contribution < -0.4 is 9.47 Å². The van der Waals surface area contributed by atoms with Gasteiger partial charge < -0.3 is 18.9 Å². The smallest absolute Gasteiger partial charge is 0.243 e. The van der Waals surface area contributed by atoms with Gasteiger partial charge in [-0.25, -0.2) is 0 Å². The molecular formula is C21H24O5. The Labute approximate surface area is 153 Å². The summed E-state index contributed by atoms with van der Waals surface area (Å²) < 4.78 is 22.8. The van der Waals surface area contributed by atoms with E-state index >= 15 is 0 Å². The number of benzene rings is 1. The zero-order valence-electron chi connectivity index (χ0n) is 15.6. The molecule has 1 aliphatic heterocycles. The van der Waals surface area contributed by atoms with Crippen molar-refractivity contribution in [3.05, 3.63) is 59.4 Å². The molecule has 5 nitrogen and oxygen atoms in total. The van der Waals surface area contributed by atoms with E-state index in [1.807, 2.05) is 31.2 Å². The highest BCUT2D eigenvalue weighted by molar-refractivity contribution is 5.99. The van der Waals surface area contributed by atoms with E-state index in [-0.39, 0.29) is 18.1 Å². The Kier molecular flexibility index (Phi) is 4.92. The Bertz CT molecular complexity index is 805. The lowest BCUT2D eigenvalue weighted by Crippen LogP contribution is -2.34. The molecule has 0 spiro atoms. The quantitative estimate of drug-likeness (QED) is 0.724. The van der Waals surface area contributed by atoms with Gasteiger partial charge in [0.1, 0.15) is 5.76 Å². The number of hydrogen-bond donors (Lipinski definition) is 0. The van der Waals surface area contributed by atoms with Gasteiger partial charge in [-0.2, -0.15) is 0 Å². The first kappa shape index (κ1) is 18.3. The molecule has 0 saturated carbocycles. The molecule has 0 bridgehead atoms. The van der Waals surface area contributed by atoms with Crippen molar-refractivity contribution in [2.24, 2.45) is 5.92 Å². The van der Waals surface area contributed by atoms with Gasteiger partial charge in [0, 0.05) is 18.2 Å². The zero-order valence-corrected chi connectivity index (χ0v) is 15.6. The summed E-state index contributed by atoms with van der Waals surface area (Å²) in [7, 11) is 4.80. The number of Topliss-reactive ketones (excluding diaryl/α,β-unsaturated/α-hetero) is 1. The van der Waals surface area contributed by atoms with Gasteiger partial charge in [-0.15, -0.1) is 6.58 Å². The molecule has 0 saturated heterocycles. The first-order chi connectivity index (χ1) is 12.5. The van der Waals surface area contributed by atoms with Crippen molar-refractivity contribution in [1.82, 2.24) is 0 Å². The normalized spacial score (nSPS) is 24.7. The number of rotatable bonds is 6. The fraction of sp³-hybridized carbons (Fsp3) is 0.381. The van der Waals surface area contributed by atoms with Crippen LogP contribution in [0.5, 0.6) is 11.5 Å². The Hall–Kier alpha value is -2.53. The number of allylic oxidation sites excluding steroid dienone is 4. The predicted octanol–water partition coefficient (Wildman–Crippen LogP) is 3.90. The van der Waals surface area contributed by atoms with Crippen molar-refractivity contribution < 1.29 is 23.7 Å². The largest absolute Gasteiger partial charge is 0.493 e. The average Bonchev–Trinajstić information content (AvgIpc) is 2.94. The van der Waals surface area contributed by atoms with Crippen molar-refractivity contribution in [1.29, 1.82) is 0 Å². The van der Waals surface area contributed by atoms with Crippen molar-refractivity contribution in [3.8, 4) is 11.5 Å². The Balaban J connectivity index is 2.03. The zero-order chi connectivity index (χ0) is 18.9. The topological polar surface area (TPSA) is 54.0 Å². The number of hydrogen-bond acceptors (Lipinski definition) is 5. The van der Waals surface area contributed by atoms with E-state index in [0.717, 1.165) is 16.7 Å². The third-order valence-electron chi connectivity index (χ3n) is 5.10. The van der Waals surface area contributed by atoms with Crippen LogP contribution in [0.25, 0.3) is 0 Å². The first-order valence-electron chi connectivity index (χ1n) is 8.55. The summed E-state index contributed by atoms with van der Waals surface area (Å²) in [5.74, 6) is 0.871. The van der Waals surface area contributed by atoms with E-state index < -0.39 is 5.79 Å². The predicted molar refractivity (Wildman–Crippen MR) is 98.0 cm³/mol. The van der Waals surface area contributed by atoms with E-state index in [0.29, 0.717) is 23.7 Å². The van der Waals surface area contributed by atoms with Crippen LogP contribution in [0, 0.1) is 5.92 Å². The van der Waals surface area contributed by atoms with Gasteiger partial charge >= 0.3 is 0 Å². The van der Waals surface area contributed by atoms with E-state index in [1.54, 1.807) is 27.4 Å². The summed E-state index contributed by atoms with van der Waals surface area (Å²) in [5.41, 5.74) is 2.57. The number of ketones is 1. The maximum atomic E-state index is 12.3. The van der Waals surface area contributed by atoms with Gasteiger partial charge in [-0.3, -0.25) is 4.79 Å². The molecular weight excluding hydrogens is 332 g/mol. The molecule has 1 unspecified atom stereocenters. The molecule has 0 amide bonds. The fourth-order valence-corrected chi connectivity index (χ4v) is 3.67. The van der Waals surface area contributed by atoms with Crippen LogP contribution in [0.15, 0.2) is 53.8 Å². The maximum absolute atomic E-state index is 12.3. The second-order valence-corrected chi connectivity index (χ2v) is 6.41. The Morgan fingerprint density at radius 1 is 1.27 bits per heavy atom. The van der Waals surface area contributed by atoms with Crippen molar-refractivity contribution in [2.45, 2.75) is 25.6 Å². The lowest BCUT2D eigenvalue weighted by Gasteiger charge is -2.33. The second-order valence-electron chi connectivity index (χ2n) is 6.41. The number of methoxy groups -OCH3 is 3. The van der Waals surface area contributed by atoms with Crippen LogP contribution in [-0.2, 0) is 20.1 Å². The molecule has 0 N–H and O–H groups in total. The monoisotopic (exact) mass is 356 g/mol. The number of carbonyl (C=O) groups is 1. The van der Waals surface area contributed by atoms with Crippen molar-refractivity contribution in [3.63, 3.8) is 0 Å². The molecule has 3 rings (SSSR count). The summed E-state index contributed by atoms with van der Waals surface area (Å²) in [5, 5.41) is 0. The van der Waals surface area contributed by atoms with Crippen LogP contribution in [0.2, 0.25) is 0 Å². The molecule has 1 aliphatic carbocycles. The summed E-state index contributed by atoms with van der Waals surface area (Å²) in [4.78, 5) is 12.3. The highest BCUT2D eigenvalue weighted by Gasteiger charge is 2.50. The fourth-order valence-electron chi connectivity index (χ4n) is 3.67. The van der Waals surface area contributed by atoms with Gasteiger partial charge in [-0.1, -0.05) is 13.0 Å². The highest BCUT2D eigenvalue weighted by Crippen LogP contribution is 2.51. The Morgan fingerprint density at radius 2 is 2.00 bits per heavy atom. The van der Waals surface area contributed by atoms with Gasteiger partial charge in [0.2, 0.25) is 5.79 Å². The van der Waals surface area contributed by atoms with E-state index in [2.05, 4.69) is 6.58 Å². The molecule has 138 valence electrons. The third kappa shape index (κ3) is 2.72. The van der Waals surface area contributed by atoms with Gasteiger partial charge in [0.15, 0.2) is 17.3 Å². The molecule has 2 atom stereocenters. The van der Waals surface area contributed by atoms with E-state index in [4.69, 9.17) is 18.9 Å². The molecule has 26 heavy (non-hydrogen) atoms. The first-order valence-corrected chi connectivity index (χ1v) is 8.55. The average molecular weight is 356 g/mol. The molecule has 0 aromatic heterocycles. The number of ether oxygens (including phenoxy) is 4. The molecule has 1 aromatic carbocycles. The van der Waals surface area contributed by atoms with Crippen molar-refractivity contribution in [2.75, 3.05) is 21.3 Å². The lowest BCUT2D eigenvalue weighted by atomic mass is 9.84. The SMILES string of the molecule is C=CCC1=CC2=C(CC1=O)OC(OC)(c1ccc(OC)c(OC)c1)[C@@H]2C. The molecule has 5 heteroatoms. The van der Waals surface area contributed by atoms with Crippen LogP contribution in [0.3, 0.4) is 0 Å².